The fourth-order valence-electron chi connectivity index (χ4n) is 4.48. The third-order valence-electron chi connectivity index (χ3n) is 5.74. The van der Waals surface area contributed by atoms with Gasteiger partial charge in [-0.15, -0.1) is 0 Å². The molecule has 2 fully saturated rings. The molecular formula is C21H18FN3O3. The maximum atomic E-state index is 14.3. The predicted octanol–water partition coefficient (Wildman–Crippen LogP) is 1.82. The van der Waals surface area contributed by atoms with Crippen LogP contribution in [0.1, 0.15) is 5.56 Å². The molecule has 1 spiro atoms. The molecule has 3 aliphatic heterocycles. The van der Waals surface area contributed by atoms with E-state index in [1.807, 2.05) is 18.2 Å². The van der Waals surface area contributed by atoms with Crippen molar-refractivity contribution >= 4 is 17.5 Å². The minimum absolute atomic E-state index is 0.205. The van der Waals surface area contributed by atoms with E-state index in [0.29, 0.717) is 6.54 Å². The molecule has 1 aromatic carbocycles. The molecule has 6 nitrogen and oxygen atoms in total. The second kappa shape index (κ2) is 6.24. The Morgan fingerprint density at radius 1 is 1.32 bits per heavy atom. The molecule has 2 aromatic rings. The van der Waals surface area contributed by atoms with Crippen molar-refractivity contribution in [2.45, 2.75) is 18.2 Å². The Labute approximate surface area is 161 Å². The van der Waals surface area contributed by atoms with Gasteiger partial charge in [0.25, 0.3) is 0 Å². The Morgan fingerprint density at radius 3 is 2.96 bits per heavy atom. The fraction of sp³-hybridized carbons (Fsp3) is 0.286. The molecule has 0 aliphatic carbocycles. The first kappa shape index (κ1) is 17.1. The van der Waals surface area contributed by atoms with E-state index in [1.54, 1.807) is 36.7 Å². The van der Waals surface area contributed by atoms with Crippen LogP contribution in [0.25, 0.3) is 0 Å². The number of halogens is 1. The van der Waals surface area contributed by atoms with Crippen LogP contribution in [0.3, 0.4) is 0 Å². The summed E-state index contributed by atoms with van der Waals surface area (Å²) in [5.41, 5.74) is 0.211. The molecule has 2 amide bonds. The molecule has 28 heavy (non-hydrogen) atoms. The van der Waals surface area contributed by atoms with E-state index in [4.69, 9.17) is 4.74 Å². The summed E-state index contributed by atoms with van der Waals surface area (Å²) in [7, 11) is 0. The normalized spacial score (nSPS) is 30.0. The van der Waals surface area contributed by atoms with Gasteiger partial charge in [0, 0.05) is 18.9 Å². The summed E-state index contributed by atoms with van der Waals surface area (Å²) >= 11 is 0. The number of anilines is 1. The van der Waals surface area contributed by atoms with E-state index in [1.165, 1.54) is 11.0 Å². The zero-order valence-corrected chi connectivity index (χ0v) is 14.9. The van der Waals surface area contributed by atoms with Crippen LogP contribution >= 0.6 is 0 Å². The van der Waals surface area contributed by atoms with Crippen LogP contribution in [0.4, 0.5) is 10.1 Å². The Morgan fingerprint density at radius 2 is 2.18 bits per heavy atom. The van der Waals surface area contributed by atoms with Gasteiger partial charge in [0.15, 0.2) is 0 Å². The molecule has 2 bridgehead atoms. The highest BCUT2D eigenvalue weighted by atomic mass is 19.1. The summed E-state index contributed by atoms with van der Waals surface area (Å²) < 4.78 is 20.3. The second-order valence-electron chi connectivity index (χ2n) is 7.35. The average Bonchev–Trinajstić information content (AvgIpc) is 3.36. The lowest BCUT2D eigenvalue weighted by Crippen LogP contribution is -2.44. The van der Waals surface area contributed by atoms with Crippen molar-refractivity contribution in [1.29, 1.82) is 0 Å². The number of amides is 2. The van der Waals surface area contributed by atoms with Crippen LogP contribution in [0.5, 0.6) is 0 Å². The van der Waals surface area contributed by atoms with E-state index < -0.39 is 29.4 Å². The van der Waals surface area contributed by atoms with E-state index in [0.717, 1.165) is 5.56 Å². The van der Waals surface area contributed by atoms with Crippen molar-refractivity contribution in [3.63, 3.8) is 0 Å². The van der Waals surface area contributed by atoms with E-state index in [9.17, 15) is 14.0 Å². The highest BCUT2D eigenvalue weighted by Gasteiger charge is 2.67. The van der Waals surface area contributed by atoms with Crippen molar-refractivity contribution in [3.8, 4) is 0 Å². The molecule has 1 aromatic heterocycles. The Hall–Kier alpha value is -3.06. The molecule has 7 heteroatoms. The van der Waals surface area contributed by atoms with Crippen LogP contribution in [0.2, 0.25) is 0 Å². The first-order valence-electron chi connectivity index (χ1n) is 9.19. The van der Waals surface area contributed by atoms with Crippen molar-refractivity contribution in [1.82, 2.24) is 10.3 Å². The molecule has 0 saturated carbocycles. The van der Waals surface area contributed by atoms with Crippen LogP contribution in [-0.2, 0) is 20.9 Å². The van der Waals surface area contributed by atoms with Crippen molar-refractivity contribution in [2.24, 2.45) is 11.8 Å². The number of rotatable bonds is 4. The molecule has 142 valence electrons. The van der Waals surface area contributed by atoms with Gasteiger partial charge in [-0.05, 0) is 23.8 Å². The molecule has 1 N–H and O–H groups in total. The largest absolute Gasteiger partial charge is 0.360 e. The van der Waals surface area contributed by atoms with E-state index in [2.05, 4.69) is 10.3 Å². The van der Waals surface area contributed by atoms with Gasteiger partial charge in [0.05, 0.1) is 30.2 Å². The standard InChI is InChI=1S/C21H18FN3O3/c22-14-5-1-2-6-15(14)25-12-21-8-7-16(28-21)17(18(21)20(25)27)19(26)24-11-13-4-3-9-23-10-13/h1-10,16-18H,11-12H2,(H,24,26)/t16-,17-,18-,21+/m1/s1. The summed E-state index contributed by atoms with van der Waals surface area (Å²) in [6, 6.07) is 9.82. The minimum Gasteiger partial charge on any atom is -0.360 e. The molecule has 0 radical (unpaired) electrons. The molecule has 4 heterocycles. The van der Waals surface area contributed by atoms with Gasteiger partial charge < -0.3 is 15.0 Å². The van der Waals surface area contributed by atoms with Crippen molar-refractivity contribution in [2.75, 3.05) is 11.4 Å². The number of ether oxygens (including phenoxy) is 1. The van der Waals surface area contributed by atoms with Gasteiger partial charge in [-0.1, -0.05) is 30.4 Å². The number of nitrogens with zero attached hydrogens (tertiary/aromatic N) is 2. The lowest BCUT2D eigenvalue weighted by atomic mass is 9.77. The van der Waals surface area contributed by atoms with Gasteiger partial charge in [0.2, 0.25) is 11.8 Å². The van der Waals surface area contributed by atoms with Crippen LogP contribution in [-0.4, -0.2) is 35.0 Å². The van der Waals surface area contributed by atoms with E-state index in [-0.39, 0.29) is 24.0 Å². The number of nitrogens with one attached hydrogen (secondary N) is 1. The van der Waals surface area contributed by atoms with Gasteiger partial charge >= 0.3 is 0 Å². The fourth-order valence-corrected chi connectivity index (χ4v) is 4.48. The zero-order valence-electron chi connectivity index (χ0n) is 14.9. The molecular weight excluding hydrogens is 361 g/mol. The Kier molecular flexibility index (Phi) is 3.80. The number of hydrogen-bond donors (Lipinski definition) is 1. The molecule has 0 unspecified atom stereocenters. The number of pyridine rings is 1. The smallest absolute Gasteiger partial charge is 0.234 e. The van der Waals surface area contributed by atoms with Gasteiger partial charge in [0.1, 0.15) is 11.4 Å². The summed E-state index contributed by atoms with van der Waals surface area (Å²) in [6.07, 6.45) is 6.60. The summed E-state index contributed by atoms with van der Waals surface area (Å²) in [5, 5.41) is 2.88. The van der Waals surface area contributed by atoms with Gasteiger partial charge in [-0.25, -0.2) is 4.39 Å². The number of para-hydroxylation sites is 1. The monoisotopic (exact) mass is 379 g/mol. The van der Waals surface area contributed by atoms with E-state index >= 15 is 0 Å². The number of aromatic nitrogens is 1. The maximum absolute atomic E-state index is 14.3. The van der Waals surface area contributed by atoms with Crippen LogP contribution < -0.4 is 10.2 Å². The molecule has 4 atom stereocenters. The number of benzene rings is 1. The first-order chi connectivity index (χ1) is 13.6. The van der Waals surface area contributed by atoms with Crippen LogP contribution in [0.15, 0.2) is 60.9 Å². The topological polar surface area (TPSA) is 71.5 Å². The van der Waals surface area contributed by atoms with Crippen molar-refractivity contribution < 1.29 is 18.7 Å². The van der Waals surface area contributed by atoms with Gasteiger partial charge in [-0.3, -0.25) is 14.6 Å². The SMILES string of the molecule is O=C(NCc1cccnc1)[C@@H]1[C@H]2C=C[C@@]3(CN(c4ccccc4F)C(=O)[C@@H]13)O2. The third kappa shape index (κ3) is 2.46. The maximum Gasteiger partial charge on any atom is 0.234 e. The highest BCUT2D eigenvalue weighted by molar-refractivity contribution is 6.03. The lowest BCUT2D eigenvalue weighted by molar-refractivity contribution is -0.132. The average molecular weight is 379 g/mol. The first-order valence-corrected chi connectivity index (χ1v) is 9.19. The van der Waals surface area contributed by atoms with Gasteiger partial charge in [-0.2, -0.15) is 0 Å². The number of carbonyl (C=O) groups excluding carboxylic acids is 2. The van der Waals surface area contributed by atoms with Crippen molar-refractivity contribution in [3.05, 3.63) is 72.3 Å². The highest BCUT2D eigenvalue weighted by Crippen LogP contribution is 2.52. The third-order valence-corrected chi connectivity index (χ3v) is 5.74. The summed E-state index contributed by atoms with van der Waals surface area (Å²) in [4.78, 5) is 31.5. The summed E-state index contributed by atoms with van der Waals surface area (Å²) in [5.74, 6) is -2.28. The quantitative estimate of drug-likeness (QED) is 0.823. The zero-order chi connectivity index (χ0) is 19.3. The van der Waals surface area contributed by atoms with Crippen LogP contribution in [0, 0.1) is 17.7 Å². The lowest BCUT2D eigenvalue weighted by Gasteiger charge is -2.23. The molecule has 3 aliphatic rings. The molecule has 2 saturated heterocycles. The number of hydrogen-bond acceptors (Lipinski definition) is 4. The Balaban J connectivity index is 1.40. The Bertz CT molecular complexity index is 980. The molecule has 5 rings (SSSR count). The minimum atomic E-state index is -0.875. The predicted molar refractivity (Wildman–Crippen MR) is 98.6 cm³/mol. The summed E-state index contributed by atoms with van der Waals surface area (Å²) in [6.45, 7) is 0.529. The second-order valence-corrected chi connectivity index (χ2v) is 7.35. The number of fused-ring (bicyclic) bond motifs is 1. The number of carbonyl (C=O) groups is 2.